The number of hydrogen-bond acceptors (Lipinski definition) is 16. The molecule has 25 nitrogen and oxygen atoms in total. The number of ether oxygens (including phenoxy) is 5. The van der Waals surface area contributed by atoms with Crippen LogP contribution in [0.4, 0.5) is 31.4 Å². The lowest BCUT2D eigenvalue weighted by atomic mass is 9.83. The number of methoxy groups -OCH3 is 3. The highest BCUT2D eigenvalue weighted by Crippen LogP contribution is 2.43. The van der Waals surface area contributed by atoms with E-state index in [2.05, 4.69) is 90.3 Å². The number of likely N-dealkylation sites (tertiary alicyclic amines) is 1. The van der Waals surface area contributed by atoms with Gasteiger partial charge < -0.3 is 51.8 Å². The van der Waals surface area contributed by atoms with Gasteiger partial charge in [0, 0.05) is 157 Å². The minimum Gasteiger partial charge on any atom is -0.452 e. The maximum atomic E-state index is 13.5. The number of amides is 5. The van der Waals surface area contributed by atoms with Crippen LogP contribution in [-0.2, 0) is 96.2 Å². The second-order valence-electron chi connectivity index (χ2n) is 31.5. The van der Waals surface area contributed by atoms with Crippen LogP contribution in [0.3, 0.4) is 0 Å². The quantitative estimate of drug-likeness (QED) is 0.0866. The van der Waals surface area contributed by atoms with Crippen LogP contribution in [0, 0.1) is 11.8 Å². The van der Waals surface area contributed by atoms with Crippen molar-refractivity contribution in [2.75, 3.05) is 89.0 Å². The highest BCUT2D eigenvalue weighted by molar-refractivity contribution is 5.98. The van der Waals surface area contributed by atoms with Crippen LogP contribution in [0.5, 0.6) is 0 Å². The highest BCUT2D eigenvalue weighted by atomic mass is 16.6. The predicted octanol–water partition coefficient (Wildman–Crippen LogP) is 12.7. The molecule has 10 heterocycles. The number of morpholine rings is 1. The van der Waals surface area contributed by atoms with Gasteiger partial charge in [-0.3, -0.25) is 38.8 Å². The third-order valence-corrected chi connectivity index (χ3v) is 24.2. The lowest BCUT2D eigenvalue weighted by Crippen LogP contribution is -2.46. The number of aryl methyl sites for hydroxylation is 5. The summed E-state index contributed by atoms with van der Waals surface area (Å²) in [6.07, 6.45) is 16.0. The van der Waals surface area contributed by atoms with Gasteiger partial charge in [-0.25, -0.2) is 29.3 Å². The van der Waals surface area contributed by atoms with Crippen molar-refractivity contribution in [3.05, 3.63) is 141 Å². The molecule has 0 radical (unpaired) electrons. The van der Waals surface area contributed by atoms with Gasteiger partial charge in [0.25, 0.3) is 5.56 Å². The molecule has 1 saturated carbocycles. The van der Waals surface area contributed by atoms with Crippen LogP contribution in [0.2, 0.25) is 0 Å². The van der Waals surface area contributed by atoms with Gasteiger partial charge >= 0.3 is 18.3 Å². The van der Waals surface area contributed by atoms with Crippen LogP contribution in [0.15, 0.2) is 95.9 Å². The normalized spacial score (nSPS) is 21.8. The number of anilines is 3. The fourth-order valence-corrected chi connectivity index (χ4v) is 18.2. The maximum Gasteiger partial charge on any atom is 0.414 e. The largest absolute Gasteiger partial charge is 0.452 e. The summed E-state index contributed by atoms with van der Waals surface area (Å²) in [6, 6.07) is 28.4. The second kappa shape index (κ2) is 34.8. The Morgan fingerprint density at radius 3 is 1.64 bits per heavy atom. The topological polar surface area (TPSA) is 243 Å². The number of nitrogens with zero attached hydrogens (tertiary/aromatic N) is 13. The van der Waals surface area contributed by atoms with Gasteiger partial charge in [-0.1, -0.05) is 42.8 Å². The zero-order chi connectivity index (χ0) is 77.6. The zero-order valence-corrected chi connectivity index (χ0v) is 66.2. The smallest absolute Gasteiger partial charge is 0.414 e. The number of likely N-dealkylation sites (N-methyl/N-ethyl adjacent to an activating group) is 1. The molecule has 5 amide bonds. The third-order valence-electron chi connectivity index (χ3n) is 24.2. The van der Waals surface area contributed by atoms with Gasteiger partial charge in [-0.05, 0) is 179 Å². The number of carbonyl (C=O) groups is 6. The first-order valence-corrected chi connectivity index (χ1v) is 39.9. The van der Waals surface area contributed by atoms with Crippen molar-refractivity contribution < 1.29 is 52.5 Å². The predicted molar refractivity (Wildman–Crippen MR) is 424 cm³/mol. The minimum absolute atomic E-state index is 0.00797. The summed E-state index contributed by atoms with van der Waals surface area (Å²) < 4.78 is 35.1. The minimum atomic E-state index is -0.394. The van der Waals surface area contributed by atoms with Crippen LogP contribution in [0.1, 0.15) is 165 Å². The number of Topliss-reactive ketones (excluding diaryl/α,β-unsaturated/α-hetero) is 1. The average Bonchev–Trinajstić information content (AvgIpc) is 1.56. The van der Waals surface area contributed by atoms with E-state index in [0.717, 1.165) is 226 Å². The van der Waals surface area contributed by atoms with Crippen LogP contribution < -0.4 is 20.3 Å². The standard InChI is InChI=1S/C29H40N4O4.C28H35N5O5.C28H36N4O3/c1-18-8-9-24-25(32(18)29(36)37-4)10-11-26-28(24)30-27(16-21-12-14-31(15-13-21)20(3)35)33(26)23-7-5-6-22(17-23)19(2)34;1-19-7-8-21-22(33(19)28(36)37-3)9-10-23-27(21)29-24(11-15-31-14-5-4-6-25(31)34)32(23)18-26(35)30(2)20-12-16-38-17-13-20;1-19-10-11-23-24(32(19)28(33)34-4)12-13-25-27(23)29-26(16-22-8-6-5-7-9-22)31(25)15-14-30-17-20(2)35-21(3)18-30/h10-11,18,21-23H,5-9,12-17H2,1-4H3;4-6,9-10,14,19-20H,7-8,11-13,15-18H2,1-3H3;5-9,12-13,19-21H,10-11,14-18H2,1-4H3/t18-,22+,23+;19-;19-,20+,21+/m000/s1. The number of rotatable bonds is 15. The fraction of sp³-hybridized carbons (Fsp3) is 0.553. The van der Waals surface area contributed by atoms with Crippen molar-refractivity contribution in [3.63, 3.8) is 0 Å². The van der Waals surface area contributed by atoms with Crippen molar-refractivity contribution in [1.29, 1.82) is 0 Å². The molecule has 3 saturated heterocycles. The number of aromatic nitrogens is 7. The molecule has 0 bridgehead atoms. The Hall–Kier alpha value is -9.46. The molecule has 15 rings (SSSR count). The Balaban J connectivity index is 0.000000145. The number of benzene rings is 4. The molecule has 0 N–H and O–H groups in total. The fourth-order valence-electron chi connectivity index (χ4n) is 18.2. The highest BCUT2D eigenvalue weighted by Gasteiger charge is 2.38. The molecule has 4 aromatic carbocycles. The van der Waals surface area contributed by atoms with Gasteiger partial charge in [0.1, 0.15) is 29.8 Å². The van der Waals surface area contributed by atoms with E-state index < -0.39 is 6.09 Å². The number of ketones is 1. The van der Waals surface area contributed by atoms with E-state index in [-0.39, 0.29) is 90.2 Å². The molecule has 0 unspecified atom stereocenters. The summed E-state index contributed by atoms with van der Waals surface area (Å²) in [5.74, 6) is 3.92. The SMILES string of the molecule is COC(=O)N1c2ccc3c(nc(CC4CCN(C(C)=O)CC4)n3[C@@H]3CCC[C@@H](C(C)=O)C3)c2CC[C@@H]1C.COC(=O)N1c2ccc3c(nc(CCn4ccccc4=O)n3CC(=O)N(C)C3CCOCC3)c2CC[C@@H]1C.COC(=O)N1c2ccc3c(nc(Cc4ccccc4)n3CCN3C[C@@H](C)O[C@H](C)C3)c2CC[C@@H]1C. The first-order chi connectivity index (χ1) is 53.1. The Kier molecular flexibility index (Phi) is 24.9. The summed E-state index contributed by atoms with van der Waals surface area (Å²) in [5.41, 5.74) is 12.9. The number of imidazole rings is 3. The Morgan fingerprint density at radius 1 is 0.564 bits per heavy atom. The number of piperidine rings is 1. The van der Waals surface area contributed by atoms with Crippen LogP contribution >= 0.6 is 0 Å². The molecular weight excluding hydrogens is 1400 g/mol. The molecule has 4 aromatic heterocycles. The summed E-state index contributed by atoms with van der Waals surface area (Å²) in [6.45, 7) is 21.1. The summed E-state index contributed by atoms with van der Waals surface area (Å²) in [5, 5.41) is 0. The Morgan fingerprint density at radius 2 is 1.09 bits per heavy atom. The molecule has 7 aliphatic rings. The van der Waals surface area contributed by atoms with Gasteiger partial charge in [0.2, 0.25) is 11.8 Å². The zero-order valence-electron chi connectivity index (χ0n) is 66.2. The van der Waals surface area contributed by atoms with E-state index in [1.807, 2.05) is 52.6 Å². The molecular formula is C85H111N13O12. The molecule has 6 aliphatic heterocycles. The first-order valence-electron chi connectivity index (χ1n) is 39.9. The van der Waals surface area contributed by atoms with Gasteiger partial charge in [0.15, 0.2) is 0 Å². The van der Waals surface area contributed by atoms with Gasteiger partial charge in [0.05, 0.1) is 83.7 Å². The Bertz CT molecular complexity index is 4690. The van der Waals surface area contributed by atoms with E-state index in [4.69, 9.17) is 38.6 Å². The van der Waals surface area contributed by atoms with Crippen molar-refractivity contribution in [2.45, 2.75) is 220 Å². The van der Waals surface area contributed by atoms with E-state index in [9.17, 15) is 33.6 Å². The lowest BCUT2D eigenvalue weighted by molar-refractivity contribution is -0.134. The number of hydrogen-bond donors (Lipinski definition) is 0. The van der Waals surface area contributed by atoms with Crippen molar-refractivity contribution in [2.24, 2.45) is 11.8 Å². The molecule has 7 atom stereocenters. The molecule has 8 aromatic rings. The van der Waals surface area contributed by atoms with Crippen LogP contribution in [-0.4, -0.2) is 194 Å². The molecule has 110 heavy (non-hydrogen) atoms. The molecule has 588 valence electrons. The van der Waals surface area contributed by atoms with Crippen LogP contribution in [0.25, 0.3) is 33.1 Å². The lowest BCUT2D eigenvalue weighted by Gasteiger charge is -2.35. The average molecular weight is 1510 g/mol. The van der Waals surface area contributed by atoms with Crippen molar-refractivity contribution >= 4 is 86.0 Å². The Labute approximate surface area is 645 Å². The van der Waals surface area contributed by atoms with E-state index in [1.54, 1.807) is 45.4 Å². The van der Waals surface area contributed by atoms with E-state index in [1.165, 1.54) is 33.0 Å². The van der Waals surface area contributed by atoms with Gasteiger partial charge in [-0.2, -0.15) is 0 Å². The van der Waals surface area contributed by atoms with Gasteiger partial charge in [-0.15, -0.1) is 0 Å². The summed E-state index contributed by atoms with van der Waals surface area (Å²) in [4.78, 5) is 115. The number of carbonyl (C=O) groups excluding carboxylic acids is 6. The number of fused-ring (bicyclic) bond motifs is 9. The molecule has 4 fully saturated rings. The van der Waals surface area contributed by atoms with E-state index >= 15 is 0 Å². The summed E-state index contributed by atoms with van der Waals surface area (Å²) in [7, 11) is 6.13. The third kappa shape index (κ3) is 16.9. The number of pyridine rings is 1. The molecule has 1 aliphatic carbocycles. The summed E-state index contributed by atoms with van der Waals surface area (Å²) >= 11 is 0. The van der Waals surface area contributed by atoms with Crippen molar-refractivity contribution in [3.8, 4) is 0 Å². The second-order valence-corrected chi connectivity index (χ2v) is 31.5. The van der Waals surface area contributed by atoms with E-state index in [0.29, 0.717) is 32.1 Å². The monoisotopic (exact) mass is 1510 g/mol. The van der Waals surface area contributed by atoms with Crippen molar-refractivity contribution in [1.82, 2.24) is 47.9 Å². The molecule has 25 heteroatoms. The first kappa shape index (κ1) is 78.7. The maximum absolute atomic E-state index is 13.5. The molecule has 0 spiro atoms.